The number of carbonyl (C=O) groups is 1. The Hall–Kier alpha value is -2.44. The van der Waals surface area contributed by atoms with Gasteiger partial charge in [0.05, 0.1) is 11.0 Å². The average Bonchev–Trinajstić information content (AvgIpc) is 3.12. The SMILES string of the molecule is O=C(CCc1nc2ccccc2[nH]1)N1CCN(Cc2ccc(F)cc2Cl)CC1. The monoisotopic (exact) mass is 400 g/mol. The summed E-state index contributed by atoms with van der Waals surface area (Å²) >= 11 is 6.12. The van der Waals surface area contributed by atoms with E-state index in [4.69, 9.17) is 11.6 Å². The fraction of sp³-hybridized carbons (Fsp3) is 0.333. The highest BCUT2D eigenvalue weighted by Gasteiger charge is 2.21. The minimum Gasteiger partial charge on any atom is -0.342 e. The van der Waals surface area contributed by atoms with Crippen molar-refractivity contribution in [3.63, 3.8) is 0 Å². The van der Waals surface area contributed by atoms with Gasteiger partial charge in [0.1, 0.15) is 11.6 Å². The Bertz CT molecular complexity index is 948. The maximum absolute atomic E-state index is 13.2. The number of aromatic nitrogens is 2. The van der Waals surface area contributed by atoms with Crippen molar-refractivity contribution in [3.05, 3.63) is 64.7 Å². The second kappa shape index (κ2) is 8.29. The smallest absolute Gasteiger partial charge is 0.223 e. The Labute approximate surface area is 168 Å². The van der Waals surface area contributed by atoms with E-state index in [2.05, 4.69) is 14.9 Å². The lowest BCUT2D eigenvalue weighted by Crippen LogP contribution is -2.48. The van der Waals surface area contributed by atoms with Crippen LogP contribution in [0.25, 0.3) is 11.0 Å². The van der Waals surface area contributed by atoms with Crippen molar-refractivity contribution < 1.29 is 9.18 Å². The zero-order chi connectivity index (χ0) is 19.5. The minimum atomic E-state index is -0.325. The third-order valence-electron chi connectivity index (χ3n) is 5.15. The molecule has 2 aromatic carbocycles. The van der Waals surface area contributed by atoms with Crippen molar-refractivity contribution in [2.45, 2.75) is 19.4 Å². The summed E-state index contributed by atoms with van der Waals surface area (Å²) in [5.74, 6) is 0.674. The van der Waals surface area contributed by atoms with Crippen LogP contribution in [0.1, 0.15) is 17.8 Å². The lowest BCUT2D eigenvalue weighted by molar-refractivity contribution is -0.133. The van der Waals surface area contributed by atoms with E-state index in [0.717, 1.165) is 35.5 Å². The molecule has 1 saturated heterocycles. The molecule has 0 unspecified atom stereocenters. The summed E-state index contributed by atoms with van der Waals surface area (Å²) < 4.78 is 13.2. The average molecular weight is 401 g/mol. The number of hydrogen-bond donors (Lipinski definition) is 1. The number of para-hydroxylation sites is 2. The molecule has 7 heteroatoms. The fourth-order valence-electron chi connectivity index (χ4n) is 3.55. The maximum Gasteiger partial charge on any atom is 0.223 e. The summed E-state index contributed by atoms with van der Waals surface area (Å²) in [7, 11) is 0. The molecule has 0 saturated carbocycles. The molecule has 0 atom stereocenters. The van der Waals surface area contributed by atoms with E-state index >= 15 is 0 Å². The van der Waals surface area contributed by atoms with Crippen LogP contribution in [0.15, 0.2) is 42.5 Å². The molecule has 1 aliphatic rings. The number of fused-ring (bicyclic) bond motifs is 1. The number of halogens is 2. The standard InChI is InChI=1S/C21H22ClFN4O/c22-17-13-16(23)6-5-15(17)14-26-9-11-27(12-10-26)21(28)8-7-20-24-18-3-1-2-4-19(18)25-20/h1-6,13H,7-12,14H2,(H,24,25). The molecule has 0 spiro atoms. The van der Waals surface area contributed by atoms with E-state index in [1.165, 1.54) is 12.1 Å². The fourth-order valence-corrected chi connectivity index (χ4v) is 3.78. The molecule has 0 radical (unpaired) electrons. The number of rotatable bonds is 5. The van der Waals surface area contributed by atoms with E-state index in [0.29, 0.717) is 37.5 Å². The van der Waals surface area contributed by atoms with Crippen molar-refractivity contribution in [2.24, 2.45) is 0 Å². The molecule has 1 aromatic heterocycles. The molecule has 146 valence electrons. The van der Waals surface area contributed by atoms with Crippen LogP contribution < -0.4 is 0 Å². The van der Waals surface area contributed by atoms with Gasteiger partial charge in [-0.3, -0.25) is 9.69 Å². The van der Waals surface area contributed by atoms with E-state index < -0.39 is 0 Å². The summed E-state index contributed by atoms with van der Waals surface area (Å²) in [6.45, 7) is 3.61. The van der Waals surface area contributed by atoms with E-state index in [-0.39, 0.29) is 11.7 Å². The first-order valence-electron chi connectivity index (χ1n) is 9.46. The van der Waals surface area contributed by atoms with Crippen LogP contribution in [0.5, 0.6) is 0 Å². The number of imidazole rings is 1. The molecule has 28 heavy (non-hydrogen) atoms. The highest BCUT2D eigenvalue weighted by Crippen LogP contribution is 2.20. The quantitative estimate of drug-likeness (QED) is 0.711. The van der Waals surface area contributed by atoms with Crippen molar-refractivity contribution in [1.29, 1.82) is 0 Å². The first-order chi connectivity index (χ1) is 13.6. The Morgan fingerprint density at radius 3 is 2.68 bits per heavy atom. The van der Waals surface area contributed by atoms with Gasteiger partial charge >= 0.3 is 0 Å². The predicted octanol–water partition coefficient (Wildman–Crippen LogP) is 3.63. The number of nitrogens with one attached hydrogen (secondary N) is 1. The second-order valence-electron chi connectivity index (χ2n) is 7.09. The van der Waals surface area contributed by atoms with Gasteiger partial charge in [-0.25, -0.2) is 9.37 Å². The normalized spacial score (nSPS) is 15.3. The Morgan fingerprint density at radius 1 is 1.14 bits per heavy atom. The lowest BCUT2D eigenvalue weighted by Gasteiger charge is -2.35. The van der Waals surface area contributed by atoms with Crippen molar-refractivity contribution >= 4 is 28.5 Å². The molecule has 0 bridgehead atoms. The molecule has 1 amide bonds. The highest BCUT2D eigenvalue weighted by molar-refractivity contribution is 6.31. The minimum absolute atomic E-state index is 0.153. The summed E-state index contributed by atoms with van der Waals surface area (Å²) in [4.78, 5) is 24.5. The van der Waals surface area contributed by atoms with Gasteiger partial charge < -0.3 is 9.88 Å². The van der Waals surface area contributed by atoms with Crippen LogP contribution in [-0.2, 0) is 17.8 Å². The molecular formula is C21H22ClFN4O. The summed E-state index contributed by atoms with van der Waals surface area (Å²) in [5, 5.41) is 0.448. The first kappa shape index (κ1) is 18.9. The molecule has 0 aliphatic carbocycles. The van der Waals surface area contributed by atoms with Gasteiger partial charge in [0.25, 0.3) is 0 Å². The van der Waals surface area contributed by atoms with Crippen LogP contribution in [-0.4, -0.2) is 51.9 Å². The Balaban J connectivity index is 1.26. The second-order valence-corrected chi connectivity index (χ2v) is 7.50. The number of aryl methyl sites for hydroxylation is 1. The van der Waals surface area contributed by atoms with Crippen molar-refractivity contribution in [1.82, 2.24) is 19.8 Å². The third kappa shape index (κ3) is 4.34. The van der Waals surface area contributed by atoms with Gasteiger partial charge in [-0.15, -0.1) is 0 Å². The number of piperazine rings is 1. The zero-order valence-electron chi connectivity index (χ0n) is 15.5. The Morgan fingerprint density at radius 2 is 1.93 bits per heavy atom. The molecule has 3 aromatic rings. The number of hydrogen-bond acceptors (Lipinski definition) is 3. The predicted molar refractivity (Wildman–Crippen MR) is 108 cm³/mol. The third-order valence-corrected chi connectivity index (χ3v) is 5.50. The van der Waals surface area contributed by atoms with Gasteiger partial charge in [0, 0.05) is 50.6 Å². The van der Waals surface area contributed by atoms with Crippen molar-refractivity contribution in [2.75, 3.05) is 26.2 Å². The number of carbonyl (C=O) groups excluding carboxylic acids is 1. The summed E-state index contributed by atoms with van der Waals surface area (Å²) in [6, 6.07) is 12.4. The van der Waals surface area contributed by atoms with Crippen LogP contribution in [0, 0.1) is 5.82 Å². The van der Waals surface area contributed by atoms with E-state index in [9.17, 15) is 9.18 Å². The van der Waals surface area contributed by atoms with Crippen LogP contribution in [0.3, 0.4) is 0 Å². The lowest BCUT2D eigenvalue weighted by atomic mass is 10.2. The van der Waals surface area contributed by atoms with Gasteiger partial charge in [-0.2, -0.15) is 0 Å². The first-order valence-corrected chi connectivity index (χ1v) is 9.84. The molecule has 1 N–H and O–H groups in total. The number of benzene rings is 2. The largest absolute Gasteiger partial charge is 0.342 e. The summed E-state index contributed by atoms with van der Waals surface area (Å²) in [5.41, 5.74) is 2.84. The Kier molecular flexibility index (Phi) is 5.59. The van der Waals surface area contributed by atoms with Crippen molar-refractivity contribution in [3.8, 4) is 0 Å². The van der Waals surface area contributed by atoms with Gasteiger partial charge in [0.2, 0.25) is 5.91 Å². The van der Waals surface area contributed by atoms with Crippen LogP contribution in [0.4, 0.5) is 4.39 Å². The van der Waals surface area contributed by atoms with Crippen LogP contribution in [0.2, 0.25) is 5.02 Å². The maximum atomic E-state index is 13.2. The molecular weight excluding hydrogens is 379 g/mol. The molecule has 1 aliphatic heterocycles. The molecule has 1 fully saturated rings. The van der Waals surface area contributed by atoms with Gasteiger partial charge in [-0.05, 0) is 29.8 Å². The zero-order valence-corrected chi connectivity index (χ0v) is 16.3. The van der Waals surface area contributed by atoms with Crippen LogP contribution >= 0.6 is 11.6 Å². The topological polar surface area (TPSA) is 52.2 Å². The highest BCUT2D eigenvalue weighted by atomic mass is 35.5. The number of amides is 1. The summed E-state index contributed by atoms with van der Waals surface area (Å²) in [6.07, 6.45) is 1.06. The van der Waals surface area contributed by atoms with Gasteiger partial charge in [-0.1, -0.05) is 29.8 Å². The number of aromatic amines is 1. The molecule has 2 heterocycles. The van der Waals surface area contributed by atoms with E-state index in [1.807, 2.05) is 29.2 Å². The number of H-pyrrole nitrogens is 1. The molecule has 5 nitrogen and oxygen atoms in total. The van der Waals surface area contributed by atoms with Gasteiger partial charge in [0.15, 0.2) is 0 Å². The van der Waals surface area contributed by atoms with E-state index in [1.54, 1.807) is 6.07 Å². The number of nitrogens with zero attached hydrogens (tertiary/aromatic N) is 3. The molecule has 4 rings (SSSR count).